The lowest BCUT2D eigenvalue weighted by molar-refractivity contribution is -0.274. The van der Waals surface area contributed by atoms with Gasteiger partial charge in [-0.25, -0.2) is 8.42 Å². The summed E-state index contributed by atoms with van der Waals surface area (Å²) in [5.41, 5.74) is 2.27. The molecular formula is C20H17F3N2O4S. The highest BCUT2D eigenvalue weighted by molar-refractivity contribution is 7.92. The molecule has 0 aliphatic rings. The Hall–Kier alpha value is -3.27. The summed E-state index contributed by atoms with van der Waals surface area (Å²) < 4.78 is 73.4. The molecular weight excluding hydrogens is 421 g/mol. The molecule has 30 heavy (non-hydrogen) atoms. The van der Waals surface area contributed by atoms with Crippen LogP contribution in [0.5, 0.6) is 11.5 Å². The maximum atomic E-state index is 12.7. The topological polar surface area (TPSA) is 77.5 Å². The number of halogens is 3. The van der Waals surface area contributed by atoms with E-state index in [0.29, 0.717) is 28.3 Å². The van der Waals surface area contributed by atoms with Crippen molar-refractivity contribution in [1.82, 2.24) is 4.98 Å². The zero-order valence-electron chi connectivity index (χ0n) is 15.9. The number of anilines is 1. The molecule has 0 aliphatic carbocycles. The summed E-state index contributed by atoms with van der Waals surface area (Å²) in [7, 11) is -2.51. The first-order chi connectivity index (χ1) is 14.1. The number of nitrogens with zero attached hydrogens (tertiary/aromatic N) is 1. The van der Waals surface area contributed by atoms with Gasteiger partial charge in [-0.05, 0) is 55.0 Å². The van der Waals surface area contributed by atoms with Crippen molar-refractivity contribution in [3.8, 4) is 22.8 Å². The molecule has 158 valence electrons. The molecule has 0 saturated heterocycles. The van der Waals surface area contributed by atoms with Crippen molar-refractivity contribution in [2.45, 2.75) is 18.2 Å². The van der Waals surface area contributed by atoms with Crippen molar-refractivity contribution in [3.63, 3.8) is 0 Å². The molecule has 0 fully saturated rings. The number of pyridine rings is 1. The highest BCUT2D eigenvalue weighted by Crippen LogP contribution is 2.28. The number of rotatable bonds is 6. The second-order valence-electron chi connectivity index (χ2n) is 6.24. The Morgan fingerprint density at radius 2 is 1.63 bits per heavy atom. The van der Waals surface area contributed by atoms with Gasteiger partial charge in [-0.3, -0.25) is 9.71 Å². The standard InChI is InChI=1S/C20H17F3N2O4S/c1-13-3-4-14(18-10-7-16(28-2)12-24-18)11-19(13)25-30(26,27)17-8-5-15(6-9-17)29-20(21,22)23/h3-12,25H,1-2H3. The molecule has 0 unspecified atom stereocenters. The summed E-state index contributed by atoms with van der Waals surface area (Å²) in [6.07, 6.45) is -3.31. The van der Waals surface area contributed by atoms with Crippen LogP contribution in [0.3, 0.4) is 0 Å². The first-order valence-corrected chi connectivity index (χ1v) is 10.1. The Morgan fingerprint density at radius 1 is 0.967 bits per heavy atom. The first kappa shape index (κ1) is 21.4. The first-order valence-electron chi connectivity index (χ1n) is 8.57. The molecule has 0 radical (unpaired) electrons. The van der Waals surface area contributed by atoms with E-state index in [1.165, 1.54) is 7.11 Å². The van der Waals surface area contributed by atoms with E-state index in [2.05, 4.69) is 14.4 Å². The van der Waals surface area contributed by atoms with Crippen molar-refractivity contribution >= 4 is 15.7 Å². The molecule has 10 heteroatoms. The maximum absolute atomic E-state index is 12.7. The molecule has 0 bridgehead atoms. The minimum absolute atomic E-state index is 0.204. The van der Waals surface area contributed by atoms with E-state index in [1.54, 1.807) is 43.5 Å². The number of aromatic nitrogens is 1. The normalized spacial score (nSPS) is 11.8. The van der Waals surface area contributed by atoms with Gasteiger partial charge in [0.25, 0.3) is 10.0 Å². The van der Waals surface area contributed by atoms with Crippen LogP contribution in [-0.2, 0) is 10.0 Å². The minimum atomic E-state index is -4.86. The molecule has 6 nitrogen and oxygen atoms in total. The number of methoxy groups -OCH3 is 1. The molecule has 3 rings (SSSR count). The predicted octanol–water partition coefficient (Wildman–Crippen LogP) is 4.77. The van der Waals surface area contributed by atoms with Gasteiger partial charge < -0.3 is 9.47 Å². The van der Waals surface area contributed by atoms with Crippen molar-refractivity contribution < 1.29 is 31.1 Å². The minimum Gasteiger partial charge on any atom is -0.495 e. The van der Waals surface area contributed by atoms with Crippen molar-refractivity contribution in [2.24, 2.45) is 0 Å². The van der Waals surface area contributed by atoms with E-state index >= 15 is 0 Å². The van der Waals surface area contributed by atoms with Crippen LogP contribution in [0, 0.1) is 6.92 Å². The average Bonchev–Trinajstić information content (AvgIpc) is 2.69. The van der Waals surface area contributed by atoms with E-state index in [9.17, 15) is 21.6 Å². The molecule has 2 aromatic carbocycles. The number of benzene rings is 2. The second-order valence-corrected chi connectivity index (χ2v) is 7.92. The van der Waals surface area contributed by atoms with Gasteiger partial charge in [-0.1, -0.05) is 12.1 Å². The number of ether oxygens (including phenoxy) is 2. The van der Waals surface area contributed by atoms with Crippen molar-refractivity contribution in [1.29, 1.82) is 0 Å². The third-order valence-corrected chi connectivity index (χ3v) is 5.50. The van der Waals surface area contributed by atoms with Gasteiger partial charge in [0, 0.05) is 5.56 Å². The third kappa shape index (κ3) is 5.20. The van der Waals surface area contributed by atoms with Crippen LogP contribution in [0.15, 0.2) is 65.7 Å². The van der Waals surface area contributed by atoms with Gasteiger partial charge in [0.05, 0.1) is 29.6 Å². The van der Waals surface area contributed by atoms with E-state index < -0.39 is 22.1 Å². The molecule has 0 atom stereocenters. The molecule has 0 amide bonds. The van der Waals surface area contributed by atoms with Crippen molar-refractivity contribution in [3.05, 3.63) is 66.4 Å². The van der Waals surface area contributed by atoms with Crippen LogP contribution in [-0.4, -0.2) is 26.9 Å². The molecule has 0 saturated carbocycles. The lowest BCUT2D eigenvalue weighted by atomic mass is 10.1. The van der Waals surface area contributed by atoms with E-state index in [0.717, 1.165) is 24.3 Å². The number of hydrogen-bond acceptors (Lipinski definition) is 5. The molecule has 1 heterocycles. The second kappa shape index (κ2) is 8.23. The number of hydrogen-bond donors (Lipinski definition) is 1. The molecule has 1 aromatic heterocycles. The van der Waals surface area contributed by atoms with Crippen LogP contribution in [0.1, 0.15) is 5.56 Å². The third-order valence-electron chi connectivity index (χ3n) is 4.12. The summed E-state index contributed by atoms with van der Waals surface area (Å²) in [6, 6.07) is 12.6. The van der Waals surface area contributed by atoms with E-state index in [-0.39, 0.29) is 4.90 Å². The Kier molecular flexibility index (Phi) is 5.88. The van der Waals surface area contributed by atoms with Gasteiger partial charge in [0.15, 0.2) is 0 Å². The van der Waals surface area contributed by atoms with Crippen LogP contribution in [0.2, 0.25) is 0 Å². The van der Waals surface area contributed by atoms with Gasteiger partial charge in [0.2, 0.25) is 0 Å². The van der Waals surface area contributed by atoms with Gasteiger partial charge in [-0.15, -0.1) is 13.2 Å². The van der Waals surface area contributed by atoms with Gasteiger partial charge in [-0.2, -0.15) is 0 Å². The quantitative estimate of drug-likeness (QED) is 0.600. The van der Waals surface area contributed by atoms with Crippen LogP contribution in [0.25, 0.3) is 11.3 Å². The zero-order chi connectivity index (χ0) is 21.9. The lowest BCUT2D eigenvalue weighted by Crippen LogP contribution is -2.17. The largest absolute Gasteiger partial charge is 0.573 e. The molecule has 0 spiro atoms. The number of aryl methyl sites for hydroxylation is 1. The summed E-state index contributed by atoms with van der Waals surface area (Å²) in [4.78, 5) is 4.07. The fraction of sp³-hybridized carbons (Fsp3) is 0.150. The van der Waals surface area contributed by atoms with Crippen LogP contribution >= 0.6 is 0 Å². The van der Waals surface area contributed by atoms with Gasteiger partial charge in [0.1, 0.15) is 11.5 Å². The zero-order valence-corrected chi connectivity index (χ0v) is 16.7. The van der Waals surface area contributed by atoms with E-state index in [4.69, 9.17) is 4.74 Å². The molecule has 3 aromatic rings. The Morgan fingerprint density at radius 3 is 2.20 bits per heavy atom. The van der Waals surface area contributed by atoms with Crippen molar-refractivity contribution in [2.75, 3.05) is 11.8 Å². The Labute approximate surface area is 171 Å². The highest BCUT2D eigenvalue weighted by Gasteiger charge is 2.31. The predicted molar refractivity (Wildman–Crippen MR) is 105 cm³/mol. The monoisotopic (exact) mass is 438 g/mol. The number of alkyl halides is 3. The fourth-order valence-electron chi connectivity index (χ4n) is 2.59. The number of nitrogens with one attached hydrogen (secondary N) is 1. The molecule has 1 N–H and O–H groups in total. The SMILES string of the molecule is COc1ccc(-c2ccc(C)c(NS(=O)(=O)c3ccc(OC(F)(F)F)cc3)c2)nc1. The average molecular weight is 438 g/mol. The van der Waals surface area contributed by atoms with Crippen LogP contribution in [0.4, 0.5) is 18.9 Å². The summed E-state index contributed by atoms with van der Waals surface area (Å²) in [6.45, 7) is 1.73. The Balaban J connectivity index is 1.85. The fourth-order valence-corrected chi connectivity index (χ4v) is 3.71. The summed E-state index contributed by atoms with van der Waals surface area (Å²) >= 11 is 0. The smallest absolute Gasteiger partial charge is 0.495 e. The summed E-state index contributed by atoms with van der Waals surface area (Å²) in [5.74, 6) is 0.0787. The number of sulfonamides is 1. The lowest BCUT2D eigenvalue weighted by Gasteiger charge is -2.13. The van der Waals surface area contributed by atoms with Gasteiger partial charge >= 0.3 is 6.36 Å². The summed E-state index contributed by atoms with van der Waals surface area (Å²) in [5, 5.41) is 0. The Bertz CT molecular complexity index is 1130. The van der Waals surface area contributed by atoms with Crippen LogP contribution < -0.4 is 14.2 Å². The maximum Gasteiger partial charge on any atom is 0.573 e. The highest BCUT2D eigenvalue weighted by atomic mass is 32.2. The molecule has 0 aliphatic heterocycles. The van der Waals surface area contributed by atoms with E-state index in [1.807, 2.05) is 0 Å².